The quantitative estimate of drug-likeness (QED) is 0.770. The summed E-state index contributed by atoms with van der Waals surface area (Å²) in [5, 5.41) is 13.0. The van der Waals surface area contributed by atoms with Crippen LogP contribution in [0.25, 0.3) is 22.2 Å². The monoisotopic (exact) mass is 279 g/mol. The second-order valence-electron chi connectivity index (χ2n) is 4.93. The van der Waals surface area contributed by atoms with E-state index in [1.165, 1.54) is 5.56 Å². The smallest absolute Gasteiger partial charge is 0.223 e. The number of aromatic nitrogens is 2. The molecule has 0 saturated carbocycles. The molecule has 0 aliphatic heterocycles. The van der Waals surface area contributed by atoms with Gasteiger partial charge in [-0.15, -0.1) is 0 Å². The van der Waals surface area contributed by atoms with Crippen LogP contribution in [0.2, 0.25) is 0 Å². The lowest BCUT2D eigenvalue weighted by Gasteiger charge is -2.10. The number of nitrogens with one attached hydrogen (secondary N) is 1. The van der Waals surface area contributed by atoms with Crippen molar-refractivity contribution in [3.05, 3.63) is 54.1 Å². The number of aliphatic hydroxyl groups is 1. The highest BCUT2D eigenvalue weighted by Crippen LogP contribution is 2.27. The van der Waals surface area contributed by atoms with E-state index in [4.69, 9.17) is 5.11 Å². The molecule has 0 radical (unpaired) electrons. The van der Waals surface area contributed by atoms with Crippen LogP contribution in [0.3, 0.4) is 0 Å². The molecule has 2 aromatic carbocycles. The fourth-order valence-corrected chi connectivity index (χ4v) is 2.31. The molecular weight excluding hydrogens is 262 g/mol. The number of fused-ring (bicyclic) bond motifs is 1. The average molecular weight is 279 g/mol. The Labute approximate surface area is 123 Å². The molecule has 21 heavy (non-hydrogen) atoms. The summed E-state index contributed by atoms with van der Waals surface area (Å²) in [7, 11) is 0. The van der Waals surface area contributed by atoms with Crippen molar-refractivity contribution in [2.24, 2.45) is 0 Å². The predicted molar refractivity (Wildman–Crippen MR) is 85.3 cm³/mol. The first kappa shape index (κ1) is 13.5. The Kier molecular flexibility index (Phi) is 3.79. The number of anilines is 1. The molecule has 2 N–H and O–H groups in total. The van der Waals surface area contributed by atoms with Gasteiger partial charge >= 0.3 is 0 Å². The SMILES string of the molecule is Cc1ccc2nc(NCCO)nc(-c3ccccc3)c2c1. The van der Waals surface area contributed by atoms with E-state index in [-0.39, 0.29) is 6.61 Å². The van der Waals surface area contributed by atoms with Crippen LogP contribution in [0.5, 0.6) is 0 Å². The normalized spacial score (nSPS) is 10.8. The van der Waals surface area contributed by atoms with Crippen molar-refractivity contribution in [1.82, 2.24) is 9.97 Å². The molecule has 3 rings (SSSR count). The van der Waals surface area contributed by atoms with Gasteiger partial charge in [0.05, 0.1) is 17.8 Å². The standard InChI is InChI=1S/C17H17N3O/c1-12-7-8-15-14(11-12)16(13-5-3-2-4-6-13)20-17(19-15)18-9-10-21/h2-8,11,21H,9-10H2,1H3,(H,18,19,20). The van der Waals surface area contributed by atoms with Crippen molar-refractivity contribution >= 4 is 16.9 Å². The van der Waals surface area contributed by atoms with E-state index in [0.717, 1.165) is 22.2 Å². The van der Waals surface area contributed by atoms with Gasteiger partial charge in [-0.2, -0.15) is 0 Å². The zero-order chi connectivity index (χ0) is 14.7. The summed E-state index contributed by atoms with van der Waals surface area (Å²) >= 11 is 0. The summed E-state index contributed by atoms with van der Waals surface area (Å²) in [6.07, 6.45) is 0. The molecule has 0 bridgehead atoms. The zero-order valence-corrected chi connectivity index (χ0v) is 11.9. The molecule has 0 fully saturated rings. The Hall–Kier alpha value is -2.46. The highest BCUT2D eigenvalue weighted by Gasteiger charge is 2.09. The second-order valence-corrected chi connectivity index (χ2v) is 4.93. The number of rotatable bonds is 4. The van der Waals surface area contributed by atoms with Gasteiger partial charge in [0.25, 0.3) is 0 Å². The fourth-order valence-electron chi connectivity index (χ4n) is 2.31. The number of benzene rings is 2. The number of nitrogens with zero attached hydrogens (tertiary/aromatic N) is 2. The Balaban J connectivity index is 2.21. The maximum Gasteiger partial charge on any atom is 0.223 e. The van der Waals surface area contributed by atoms with E-state index >= 15 is 0 Å². The van der Waals surface area contributed by atoms with Gasteiger partial charge in [-0.1, -0.05) is 42.0 Å². The van der Waals surface area contributed by atoms with Crippen LogP contribution in [0.15, 0.2) is 48.5 Å². The van der Waals surface area contributed by atoms with E-state index in [9.17, 15) is 0 Å². The molecular formula is C17H17N3O. The van der Waals surface area contributed by atoms with Gasteiger partial charge in [0.1, 0.15) is 0 Å². The molecule has 0 amide bonds. The van der Waals surface area contributed by atoms with Crippen LogP contribution >= 0.6 is 0 Å². The first-order valence-electron chi connectivity index (χ1n) is 6.96. The van der Waals surface area contributed by atoms with Gasteiger partial charge in [-0.25, -0.2) is 9.97 Å². The third-order valence-corrected chi connectivity index (χ3v) is 3.29. The van der Waals surface area contributed by atoms with Crippen molar-refractivity contribution in [3.8, 4) is 11.3 Å². The molecule has 4 nitrogen and oxygen atoms in total. The fraction of sp³-hybridized carbons (Fsp3) is 0.176. The molecule has 0 spiro atoms. The van der Waals surface area contributed by atoms with Crippen LogP contribution < -0.4 is 5.32 Å². The lowest BCUT2D eigenvalue weighted by atomic mass is 10.0. The number of aryl methyl sites for hydroxylation is 1. The highest BCUT2D eigenvalue weighted by molar-refractivity contribution is 5.93. The van der Waals surface area contributed by atoms with Gasteiger partial charge in [0, 0.05) is 17.5 Å². The summed E-state index contributed by atoms with van der Waals surface area (Å²) in [6.45, 7) is 2.55. The minimum atomic E-state index is 0.0516. The second kappa shape index (κ2) is 5.89. The molecule has 3 aromatic rings. The molecule has 0 atom stereocenters. The largest absolute Gasteiger partial charge is 0.395 e. The van der Waals surface area contributed by atoms with Crippen LogP contribution in [-0.4, -0.2) is 28.2 Å². The molecule has 1 heterocycles. The van der Waals surface area contributed by atoms with E-state index < -0.39 is 0 Å². The molecule has 0 unspecified atom stereocenters. The summed E-state index contributed by atoms with van der Waals surface area (Å²) in [4.78, 5) is 9.12. The molecule has 0 aliphatic rings. The molecule has 1 aromatic heterocycles. The number of hydrogen-bond donors (Lipinski definition) is 2. The van der Waals surface area contributed by atoms with E-state index in [1.807, 2.05) is 42.5 Å². The summed E-state index contributed by atoms with van der Waals surface area (Å²) in [6, 6.07) is 16.2. The van der Waals surface area contributed by atoms with E-state index in [0.29, 0.717) is 12.5 Å². The molecule has 0 aliphatic carbocycles. The summed E-state index contributed by atoms with van der Waals surface area (Å²) in [5.41, 5.74) is 4.04. The molecule has 4 heteroatoms. The Morgan fingerprint density at radius 2 is 1.86 bits per heavy atom. The first-order chi connectivity index (χ1) is 10.3. The van der Waals surface area contributed by atoms with Crippen molar-refractivity contribution in [1.29, 1.82) is 0 Å². The van der Waals surface area contributed by atoms with Crippen molar-refractivity contribution in [2.75, 3.05) is 18.5 Å². The van der Waals surface area contributed by atoms with Gasteiger partial charge in [0.15, 0.2) is 0 Å². The first-order valence-corrected chi connectivity index (χ1v) is 6.96. The summed E-state index contributed by atoms with van der Waals surface area (Å²) in [5.74, 6) is 0.541. The van der Waals surface area contributed by atoms with Crippen molar-refractivity contribution in [3.63, 3.8) is 0 Å². The van der Waals surface area contributed by atoms with Crippen LogP contribution in [0, 0.1) is 6.92 Å². The molecule has 0 saturated heterocycles. The summed E-state index contributed by atoms with van der Waals surface area (Å²) < 4.78 is 0. The predicted octanol–water partition coefficient (Wildman–Crippen LogP) is 3.01. The van der Waals surface area contributed by atoms with E-state index in [1.54, 1.807) is 0 Å². The Morgan fingerprint density at radius 1 is 1.05 bits per heavy atom. The van der Waals surface area contributed by atoms with Crippen molar-refractivity contribution < 1.29 is 5.11 Å². The third kappa shape index (κ3) is 2.85. The maximum atomic E-state index is 8.95. The Morgan fingerprint density at radius 3 is 2.62 bits per heavy atom. The molecule has 106 valence electrons. The minimum Gasteiger partial charge on any atom is -0.395 e. The lowest BCUT2D eigenvalue weighted by molar-refractivity contribution is 0.311. The number of hydrogen-bond acceptors (Lipinski definition) is 4. The van der Waals surface area contributed by atoms with Gasteiger partial charge in [-0.05, 0) is 19.1 Å². The lowest BCUT2D eigenvalue weighted by Crippen LogP contribution is -2.09. The number of aliphatic hydroxyl groups excluding tert-OH is 1. The third-order valence-electron chi connectivity index (χ3n) is 3.29. The zero-order valence-electron chi connectivity index (χ0n) is 11.9. The van der Waals surface area contributed by atoms with Crippen LogP contribution in [0.4, 0.5) is 5.95 Å². The highest BCUT2D eigenvalue weighted by atomic mass is 16.3. The maximum absolute atomic E-state index is 8.95. The van der Waals surface area contributed by atoms with Crippen LogP contribution in [-0.2, 0) is 0 Å². The Bertz CT molecular complexity index is 757. The topological polar surface area (TPSA) is 58.0 Å². The van der Waals surface area contributed by atoms with Gasteiger partial charge in [0.2, 0.25) is 5.95 Å². The minimum absolute atomic E-state index is 0.0516. The van der Waals surface area contributed by atoms with E-state index in [2.05, 4.69) is 28.3 Å². The van der Waals surface area contributed by atoms with Gasteiger partial charge in [-0.3, -0.25) is 0 Å². The van der Waals surface area contributed by atoms with Gasteiger partial charge < -0.3 is 10.4 Å². The van der Waals surface area contributed by atoms with Crippen molar-refractivity contribution in [2.45, 2.75) is 6.92 Å². The average Bonchev–Trinajstić information content (AvgIpc) is 2.53. The van der Waals surface area contributed by atoms with Crippen LogP contribution in [0.1, 0.15) is 5.56 Å².